The molecule has 0 aromatic heterocycles. The molecule has 0 fully saturated rings. The minimum atomic E-state index is -0.357. The summed E-state index contributed by atoms with van der Waals surface area (Å²) in [5, 5.41) is 2.58. The maximum atomic E-state index is 13.5. The van der Waals surface area contributed by atoms with Crippen LogP contribution in [0, 0.1) is 5.82 Å². The molecule has 0 spiro atoms. The summed E-state index contributed by atoms with van der Waals surface area (Å²) in [6, 6.07) is 4.75. The van der Waals surface area contributed by atoms with Crippen molar-refractivity contribution in [2.75, 3.05) is 13.2 Å². The average Bonchev–Trinajstić information content (AvgIpc) is 2.34. The van der Waals surface area contributed by atoms with E-state index in [2.05, 4.69) is 5.32 Å². The molecule has 1 aromatic carbocycles. The molecule has 0 aliphatic rings. The molecule has 0 aliphatic carbocycles. The normalized spacial score (nSPS) is 10.3. The quantitative estimate of drug-likeness (QED) is 0.777. The van der Waals surface area contributed by atoms with Crippen LogP contribution >= 0.6 is 0 Å². The highest BCUT2D eigenvalue weighted by Gasteiger charge is 2.05. The summed E-state index contributed by atoms with van der Waals surface area (Å²) < 4.78 is 18.4. The first-order valence-electron chi connectivity index (χ1n) is 5.49. The van der Waals surface area contributed by atoms with Gasteiger partial charge in [-0.2, -0.15) is 0 Å². The van der Waals surface area contributed by atoms with Gasteiger partial charge in [-0.15, -0.1) is 0 Å². The Morgan fingerprint density at radius 1 is 1.53 bits per heavy atom. The first-order chi connectivity index (χ1) is 8.17. The third kappa shape index (κ3) is 4.50. The van der Waals surface area contributed by atoms with Crippen LogP contribution in [0.3, 0.4) is 0 Å². The molecule has 1 aromatic rings. The van der Waals surface area contributed by atoms with Crippen molar-refractivity contribution in [1.82, 2.24) is 5.32 Å². The van der Waals surface area contributed by atoms with Gasteiger partial charge in [-0.1, -0.05) is 12.1 Å². The third-order valence-electron chi connectivity index (χ3n) is 2.27. The maximum absolute atomic E-state index is 13.5. The average molecular weight is 240 g/mol. The van der Waals surface area contributed by atoms with E-state index in [1.54, 1.807) is 19.1 Å². The molecule has 3 N–H and O–H groups in total. The van der Waals surface area contributed by atoms with E-state index >= 15 is 0 Å². The van der Waals surface area contributed by atoms with E-state index in [1.807, 2.05) is 0 Å². The number of ether oxygens (including phenoxy) is 1. The van der Waals surface area contributed by atoms with E-state index in [0.29, 0.717) is 18.7 Å². The van der Waals surface area contributed by atoms with Crippen LogP contribution in [0.25, 0.3) is 0 Å². The monoisotopic (exact) mass is 240 g/mol. The highest BCUT2D eigenvalue weighted by atomic mass is 19.1. The zero-order valence-corrected chi connectivity index (χ0v) is 9.83. The molecular weight excluding hydrogens is 223 g/mol. The molecule has 0 radical (unpaired) electrons. The van der Waals surface area contributed by atoms with Gasteiger partial charge >= 0.3 is 0 Å². The fourth-order valence-electron chi connectivity index (χ4n) is 1.30. The van der Waals surface area contributed by atoms with E-state index < -0.39 is 0 Å². The van der Waals surface area contributed by atoms with Gasteiger partial charge in [0.25, 0.3) is 0 Å². The highest BCUT2D eigenvalue weighted by Crippen LogP contribution is 2.09. The second-order valence-corrected chi connectivity index (χ2v) is 3.54. The first kappa shape index (κ1) is 13.6. The van der Waals surface area contributed by atoms with Crippen molar-refractivity contribution >= 4 is 5.91 Å². The topological polar surface area (TPSA) is 64.3 Å². The van der Waals surface area contributed by atoms with Gasteiger partial charge in [0.05, 0.1) is 0 Å². The van der Waals surface area contributed by atoms with Crippen molar-refractivity contribution < 1.29 is 13.9 Å². The van der Waals surface area contributed by atoms with Crippen LogP contribution in [0.4, 0.5) is 4.39 Å². The van der Waals surface area contributed by atoms with Crippen LogP contribution < -0.4 is 11.1 Å². The second-order valence-electron chi connectivity index (χ2n) is 3.54. The number of amides is 1. The summed E-state index contributed by atoms with van der Waals surface area (Å²) in [6.07, 6.45) is 0. The van der Waals surface area contributed by atoms with Crippen molar-refractivity contribution in [3.8, 4) is 0 Å². The van der Waals surface area contributed by atoms with Crippen LogP contribution in [0.5, 0.6) is 0 Å². The predicted octanol–water partition coefficient (Wildman–Crippen LogP) is 0.937. The van der Waals surface area contributed by atoms with Crippen molar-refractivity contribution in [3.63, 3.8) is 0 Å². The van der Waals surface area contributed by atoms with E-state index in [-0.39, 0.29) is 24.9 Å². The van der Waals surface area contributed by atoms with Crippen molar-refractivity contribution in [1.29, 1.82) is 0 Å². The van der Waals surface area contributed by atoms with Gasteiger partial charge in [0.2, 0.25) is 5.91 Å². The SMILES string of the molecule is CCOCC(=O)NCc1ccc(CN)cc1F. The molecule has 1 rings (SSSR count). The molecule has 0 saturated carbocycles. The number of carbonyl (C=O) groups excluding carboxylic acids is 1. The lowest BCUT2D eigenvalue weighted by Gasteiger charge is -2.07. The Hall–Kier alpha value is -1.46. The zero-order valence-electron chi connectivity index (χ0n) is 9.83. The second kappa shape index (κ2) is 6.98. The molecule has 0 unspecified atom stereocenters. The molecule has 0 aliphatic heterocycles. The molecule has 5 heteroatoms. The summed E-state index contributed by atoms with van der Waals surface area (Å²) in [5.74, 6) is -0.612. The van der Waals surface area contributed by atoms with Crippen LogP contribution in [-0.2, 0) is 22.6 Å². The Kier molecular flexibility index (Phi) is 5.59. The molecule has 0 atom stereocenters. The molecule has 0 bridgehead atoms. The fourth-order valence-corrected chi connectivity index (χ4v) is 1.30. The molecule has 0 heterocycles. The lowest BCUT2D eigenvalue weighted by atomic mass is 10.1. The summed E-state index contributed by atoms with van der Waals surface area (Å²) in [4.78, 5) is 11.2. The molecule has 1 amide bonds. The van der Waals surface area contributed by atoms with E-state index in [9.17, 15) is 9.18 Å². The first-order valence-corrected chi connectivity index (χ1v) is 5.49. The van der Waals surface area contributed by atoms with Gasteiger partial charge in [-0.3, -0.25) is 4.79 Å². The number of carbonyl (C=O) groups is 1. The van der Waals surface area contributed by atoms with Crippen molar-refractivity contribution in [2.24, 2.45) is 5.73 Å². The zero-order chi connectivity index (χ0) is 12.7. The molecule has 0 saturated heterocycles. The minimum absolute atomic E-state index is 0.000989. The van der Waals surface area contributed by atoms with Gasteiger partial charge in [-0.05, 0) is 18.6 Å². The van der Waals surface area contributed by atoms with Gasteiger partial charge < -0.3 is 15.8 Å². The number of halogens is 1. The molecule has 94 valence electrons. The summed E-state index contributed by atoms with van der Waals surface area (Å²) in [7, 11) is 0. The number of benzene rings is 1. The largest absolute Gasteiger partial charge is 0.372 e. The standard InChI is InChI=1S/C12H17FN2O2/c1-2-17-8-12(16)15-7-10-4-3-9(6-14)5-11(10)13/h3-5H,2,6-8,14H2,1H3,(H,15,16). The van der Waals surface area contributed by atoms with E-state index in [0.717, 1.165) is 5.56 Å². The lowest BCUT2D eigenvalue weighted by Crippen LogP contribution is -2.27. The maximum Gasteiger partial charge on any atom is 0.246 e. The summed E-state index contributed by atoms with van der Waals surface area (Å²) in [6.45, 7) is 2.74. The molecule has 4 nitrogen and oxygen atoms in total. The Balaban J connectivity index is 2.49. The number of hydrogen-bond donors (Lipinski definition) is 2. The van der Waals surface area contributed by atoms with E-state index in [4.69, 9.17) is 10.5 Å². The van der Waals surface area contributed by atoms with Gasteiger partial charge in [0, 0.05) is 25.3 Å². The van der Waals surface area contributed by atoms with Crippen LogP contribution in [0.15, 0.2) is 18.2 Å². The number of rotatable bonds is 6. The van der Waals surface area contributed by atoms with Crippen molar-refractivity contribution in [2.45, 2.75) is 20.0 Å². The van der Waals surface area contributed by atoms with Crippen LogP contribution in [-0.4, -0.2) is 19.1 Å². The Labute approximate surface area is 100.0 Å². The van der Waals surface area contributed by atoms with Gasteiger partial charge in [0.15, 0.2) is 0 Å². The van der Waals surface area contributed by atoms with Crippen LogP contribution in [0.1, 0.15) is 18.1 Å². The fraction of sp³-hybridized carbons (Fsp3) is 0.417. The van der Waals surface area contributed by atoms with Gasteiger partial charge in [0.1, 0.15) is 12.4 Å². The highest BCUT2D eigenvalue weighted by molar-refractivity contribution is 5.77. The molecule has 17 heavy (non-hydrogen) atoms. The molecular formula is C12H17FN2O2. The Morgan fingerprint density at radius 2 is 2.29 bits per heavy atom. The Morgan fingerprint density at radius 3 is 2.88 bits per heavy atom. The summed E-state index contributed by atoms with van der Waals surface area (Å²) >= 11 is 0. The summed E-state index contributed by atoms with van der Waals surface area (Å²) in [5.41, 5.74) is 6.56. The number of nitrogens with one attached hydrogen (secondary N) is 1. The van der Waals surface area contributed by atoms with E-state index in [1.165, 1.54) is 6.07 Å². The third-order valence-corrected chi connectivity index (χ3v) is 2.27. The number of nitrogens with two attached hydrogens (primary N) is 1. The smallest absolute Gasteiger partial charge is 0.246 e. The van der Waals surface area contributed by atoms with Gasteiger partial charge in [-0.25, -0.2) is 4.39 Å². The van der Waals surface area contributed by atoms with Crippen LogP contribution in [0.2, 0.25) is 0 Å². The predicted molar refractivity (Wildman–Crippen MR) is 62.6 cm³/mol. The Bertz CT molecular complexity index is 383. The van der Waals surface area contributed by atoms with Crippen molar-refractivity contribution in [3.05, 3.63) is 35.1 Å². The number of hydrogen-bond acceptors (Lipinski definition) is 3. The minimum Gasteiger partial charge on any atom is -0.372 e. The lowest BCUT2D eigenvalue weighted by molar-refractivity contribution is -0.125.